The second kappa shape index (κ2) is 7.06. The molecule has 0 aliphatic carbocycles. The molecule has 10 heteroatoms. The van der Waals surface area contributed by atoms with Crippen LogP contribution in [0.25, 0.3) is 0 Å². The SMILES string of the molecule is CC1(C)NC(=O)N(C[C@H](O)CN2CCN([C@@H]3CCS(=O)(=O)C3)CC2)C1=O. The number of hydrogen-bond acceptors (Lipinski definition) is 7. The van der Waals surface area contributed by atoms with Crippen molar-refractivity contribution < 1.29 is 23.1 Å². The Morgan fingerprint density at radius 1 is 1.19 bits per heavy atom. The van der Waals surface area contributed by atoms with E-state index in [1.165, 1.54) is 0 Å². The zero-order valence-corrected chi connectivity index (χ0v) is 16.2. The highest BCUT2D eigenvalue weighted by atomic mass is 32.2. The van der Waals surface area contributed by atoms with Gasteiger partial charge in [0.2, 0.25) is 0 Å². The van der Waals surface area contributed by atoms with Crippen molar-refractivity contribution in [2.45, 2.75) is 38.0 Å². The number of carbonyl (C=O) groups is 2. The van der Waals surface area contributed by atoms with Crippen molar-refractivity contribution in [1.82, 2.24) is 20.0 Å². The van der Waals surface area contributed by atoms with Gasteiger partial charge in [-0.2, -0.15) is 0 Å². The van der Waals surface area contributed by atoms with Crippen LogP contribution in [0.5, 0.6) is 0 Å². The average molecular weight is 388 g/mol. The molecule has 9 nitrogen and oxygen atoms in total. The van der Waals surface area contributed by atoms with Crippen molar-refractivity contribution in [3.05, 3.63) is 0 Å². The van der Waals surface area contributed by atoms with E-state index in [-0.39, 0.29) is 30.0 Å². The number of amides is 3. The van der Waals surface area contributed by atoms with E-state index in [4.69, 9.17) is 0 Å². The quantitative estimate of drug-likeness (QED) is 0.551. The molecule has 3 rings (SSSR count). The fourth-order valence-electron chi connectivity index (χ4n) is 3.92. The molecule has 3 heterocycles. The maximum atomic E-state index is 12.2. The maximum Gasteiger partial charge on any atom is 0.325 e. The Morgan fingerprint density at radius 2 is 1.85 bits per heavy atom. The highest BCUT2D eigenvalue weighted by molar-refractivity contribution is 7.91. The number of rotatable bonds is 5. The molecule has 0 unspecified atom stereocenters. The fraction of sp³-hybridized carbons (Fsp3) is 0.875. The third kappa shape index (κ3) is 4.19. The van der Waals surface area contributed by atoms with Crippen LogP contribution in [0.2, 0.25) is 0 Å². The summed E-state index contributed by atoms with van der Waals surface area (Å²) in [7, 11) is -2.88. The molecule has 0 radical (unpaired) electrons. The van der Waals surface area contributed by atoms with Crippen LogP contribution in [-0.4, -0.2) is 109 Å². The number of piperazine rings is 1. The van der Waals surface area contributed by atoms with Gasteiger partial charge in [0.05, 0.1) is 24.2 Å². The summed E-state index contributed by atoms with van der Waals surface area (Å²) in [4.78, 5) is 29.4. The number of imide groups is 1. The Morgan fingerprint density at radius 3 is 2.35 bits per heavy atom. The molecule has 3 amide bonds. The highest BCUT2D eigenvalue weighted by Crippen LogP contribution is 2.20. The highest BCUT2D eigenvalue weighted by Gasteiger charge is 2.44. The van der Waals surface area contributed by atoms with Gasteiger partial charge in [-0.05, 0) is 20.3 Å². The van der Waals surface area contributed by atoms with Crippen LogP contribution in [0.3, 0.4) is 0 Å². The molecule has 3 aliphatic rings. The molecule has 0 bridgehead atoms. The molecule has 2 N–H and O–H groups in total. The van der Waals surface area contributed by atoms with E-state index < -0.39 is 27.5 Å². The number of aliphatic hydroxyl groups excluding tert-OH is 1. The standard InChI is InChI=1S/C16H28N4O5S/c1-16(2)14(22)20(15(23)17-16)10-13(21)9-18-4-6-19(7-5-18)12-3-8-26(24,25)11-12/h12-13,21H,3-11H2,1-2H3,(H,17,23)/t12-,13-/m1/s1. The number of urea groups is 1. The molecular formula is C16H28N4O5S. The molecule has 3 saturated heterocycles. The molecular weight excluding hydrogens is 360 g/mol. The van der Waals surface area contributed by atoms with Gasteiger partial charge in [-0.1, -0.05) is 0 Å². The van der Waals surface area contributed by atoms with E-state index in [0.717, 1.165) is 31.1 Å². The van der Waals surface area contributed by atoms with Crippen LogP contribution >= 0.6 is 0 Å². The molecule has 0 spiro atoms. The number of aliphatic hydroxyl groups is 1. The van der Waals surface area contributed by atoms with E-state index in [1.807, 2.05) is 0 Å². The third-order valence-corrected chi connectivity index (χ3v) is 7.19. The minimum Gasteiger partial charge on any atom is -0.390 e. The summed E-state index contributed by atoms with van der Waals surface area (Å²) in [5.41, 5.74) is -0.927. The summed E-state index contributed by atoms with van der Waals surface area (Å²) < 4.78 is 23.2. The van der Waals surface area contributed by atoms with Gasteiger partial charge in [0.15, 0.2) is 9.84 Å². The first-order chi connectivity index (χ1) is 12.1. The number of β-amino-alcohol motifs (C(OH)–C–C–N with tert-alkyl or cyclic N) is 1. The molecule has 0 aromatic carbocycles. The first kappa shape index (κ1) is 19.5. The number of nitrogens with zero attached hydrogens (tertiary/aromatic N) is 3. The lowest BCUT2D eigenvalue weighted by molar-refractivity contribution is -0.131. The van der Waals surface area contributed by atoms with E-state index >= 15 is 0 Å². The van der Waals surface area contributed by atoms with Crippen LogP contribution in [0.4, 0.5) is 4.79 Å². The predicted molar refractivity (Wildman–Crippen MR) is 95.4 cm³/mol. The normalized spacial score (nSPS) is 30.6. The van der Waals surface area contributed by atoms with Gasteiger partial charge < -0.3 is 10.4 Å². The van der Waals surface area contributed by atoms with E-state index in [9.17, 15) is 23.1 Å². The van der Waals surface area contributed by atoms with E-state index in [2.05, 4.69) is 15.1 Å². The molecule has 0 aromatic heterocycles. The smallest absolute Gasteiger partial charge is 0.325 e. The Balaban J connectivity index is 1.45. The Kier molecular flexibility index (Phi) is 5.31. The zero-order valence-electron chi connectivity index (χ0n) is 15.3. The monoisotopic (exact) mass is 388 g/mol. The van der Waals surface area contributed by atoms with Crippen LogP contribution in [0, 0.1) is 0 Å². The number of carbonyl (C=O) groups excluding carboxylic acids is 2. The van der Waals surface area contributed by atoms with Gasteiger partial charge in [0.25, 0.3) is 5.91 Å². The van der Waals surface area contributed by atoms with Gasteiger partial charge in [-0.15, -0.1) is 0 Å². The Bertz CT molecular complexity index is 672. The fourth-order valence-corrected chi connectivity index (χ4v) is 5.69. The number of nitrogens with one attached hydrogen (secondary N) is 1. The van der Waals surface area contributed by atoms with Crippen molar-refractivity contribution in [2.75, 3.05) is 50.8 Å². The molecule has 26 heavy (non-hydrogen) atoms. The largest absolute Gasteiger partial charge is 0.390 e. The molecule has 3 aliphatic heterocycles. The first-order valence-electron chi connectivity index (χ1n) is 9.06. The van der Waals surface area contributed by atoms with Crippen molar-refractivity contribution in [1.29, 1.82) is 0 Å². The number of hydrogen-bond donors (Lipinski definition) is 2. The van der Waals surface area contributed by atoms with Crippen molar-refractivity contribution in [2.24, 2.45) is 0 Å². The third-order valence-electron chi connectivity index (χ3n) is 5.44. The maximum absolute atomic E-state index is 12.2. The molecule has 3 fully saturated rings. The lowest BCUT2D eigenvalue weighted by Gasteiger charge is -2.38. The minimum atomic E-state index is -2.88. The molecule has 148 valence electrons. The summed E-state index contributed by atoms with van der Waals surface area (Å²) in [6.45, 7) is 6.65. The Labute approximate surface area is 154 Å². The van der Waals surface area contributed by atoms with Gasteiger partial charge >= 0.3 is 6.03 Å². The zero-order chi connectivity index (χ0) is 19.1. The second-order valence-electron chi connectivity index (χ2n) is 8.02. The lowest BCUT2D eigenvalue weighted by Crippen LogP contribution is -2.53. The Hall–Kier alpha value is -1.23. The summed E-state index contributed by atoms with van der Waals surface area (Å²) >= 11 is 0. The second-order valence-corrected chi connectivity index (χ2v) is 10.2. The first-order valence-corrected chi connectivity index (χ1v) is 10.9. The van der Waals surface area contributed by atoms with Crippen molar-refractivity contribution in [3.63, 3.8) is 0 Å². The van der Waals surface area contributed by atoms with Crippen LogP contribution in [0.15, 0.2) is 0 Å². The van der Waals surface area contributed by atoms with Gasteiger partial charge in [-0.3, -0.25) is 19.5 Å². The summed E-state index contributed by atoms with van der Waals surface area (Å²) in [6, 6.07) is -0.355. The van der Waals surface area contributed by atoms with Crippen molar-refractivity contribution >= 4 is 21.8 Å². The molecule has 0 saturated carbocycles. The van der Waals surface area contributed by atoms with Crippen LogP contribution in [-0.2, 0) is 14.6 Å². The molecule has 2 atom stereocenters. The number of sulfone groups is 1. The van der Waals surface area contributed by atoms with Gasteiger partial charge in [-0.25, -0.2) is 13.2 Å². The van der Waals surface area contributed by atoms with Gasteiger partial charge in [0, 0.05) is 38.8 Å². The van der Waals surface area contributed by atoms with E-state index in [1.54, 1.807) is 13.8 Å². The predicted octanol–water partition coefficient (Wildman–Crippen LogP) is -1.52. The van der Waals surface area contributed by atoms with Gasteiger partial charge in [0.1, 0.15) is 5.54 Å². The average Bonchev–Trinajstić information content (AvgIpc) is 3.00. The minimum absolute atomic E-state index is 0.0187. The van der Waals surface area contributed by atoms with Crippen LogP contribution < -0.4 is 5.32 Å². The molecule has 0 aromatic rings. The van der Waals surface area contributed by atoms with Crippen molar-refractivity contribution in [3.8, 4) is 0 Å². The summed E-state index contributed by atoms with van der Waals surface area (Å²) in [6.07, 6.45) is -0.107. The summed E-state index contributed by atoms with van der Waals surface area (Å²) in [5, 5.41) is 12.9. The topological polar surface area (TPSA) is 110 Å². The lowest BCUT2D eigenvalue weighted by atomic mass is 10.1. The summed E-state index contributed by atoms with van der Waals surface area (Å²) in [5.74, 6) is 0.199. The van der Waals surface area contributed by atoms with E-state index in [0.29, 0.717) is 13.0 Å². The van der Waals surface area contributed by atoms with Crippen LogP contribution in [0.1, 0.15) is 20.3 Å².